The molecule has 2 aromatic heterocycles. The maximum Gasteiger partial charge on any atom is 0.226 e. The molecular weight excluding hydrogens is 338 g/mol. The summed E-state index contributed by atoms with van der Waals surface area (Å²) in [6.07, 6.45) is 4.80. The largest absolute Gasteiger partial charge is 0.361 e. The van der Waals surface area contributed by atoms with Crippen LogP contribution >= 0.6 is 27.3 Å². The molecule has 6 heteroatoms. The number of fused-ring (bicyclic) bond motifs is 1. The molecule has 0 unspecified atom stereocenters. The van der Waals surface area contributed by atoms with E-state index in [0.717, 1.165) is 14.9 Å². The van der Waals surface area contributed by atoms with Gasteiger partial charge in [-0.25, -0.2) is 4.98 Å². The Hall–Kier alpha value is -1.66. The van der Waals surface area contributed by atoms with Gasteiger partial charge in [0.1, 0.15) is 0 Å². The van der Waals surface area contributed by atoms with Gasteiger partial charge >= 0.3 is 0 Å². The van der Waals surface area contributed by atoms with Gasteiger partial charge in [0.2, 0.25) is 5.91 Å². The zero-order valence-electron chi connectivity index (χ0n) is 10.5. The molecule has 0 aliphatic carbocycles. The molecule has 0 aliphatic heterocycles. The highest BCUT2D eigenvalue weighted by atomic mass is 79.9. The number of aromatic nitrogens is 2. The van der Waals surface area contributed by atoms with Gasteiger partial charge < -0.3 is 10.3 Å². The number of H-pyrrole nitrogens is 1. The summed E-state index contributed by atoms with van der Waals surface area (Å²) in [4.78, 5) is 19.2. The molecule has 3 rings (SSSR count). The molecule has 3 aromatic rings. The minimum Gasteiger partial charge on any atom is -0.361 e. The molecule has 0 bridgehead atoms. The van der Waals surface area contributed by atoms with Gasteiger partial charge in [-0.15, -0.1) is 0 Å². The average molecular weight is 350 g/mol. The lowest BCUT2D eigenvalue weighted by Gasteiger charge is -2.01. The second-order valence-electron chi connectivity index (χ2n) is 4.38. The predicted octanol–water partition coefficient (Wildman–Crippen LogP) is 3.96. The van der Waals surface area contributed by atoms with Crippen molar-refractivity contribution >= 4 is 49.2 Å². The van der Waals surface area contributed by atoms with Gasteiger partial charge in [-0.2, -0.15) is 0 Å². The van der Waals surface area contributed by atoms with E-state index in [4.69, 9.17) is 0 Å². The molecule has 0 radical (unpaired) electrons. The van der Waals surface area contributed by atoms with Gasteiger partial charge in [0.05, 0.1) is 9.98 Å². The van der Waals surface area contributed by atoms with Gasteiger partial charge in [0.25, 0.3) is 0 Å². The van der Waals surface area contributed by atoms with Crippen LogP contribution in [0, 0.1) is 0 Å². The summed E-state index contributed by atoms with van der Waals surface area (Å²) in [7, 11) is 0. The number of nitrogens with one attached hydrogen (secondary N) is 2. The Kier molecular flexibility index (Phi) is 3.84. The number of aromatic amines is 1. The molecule has 0 fully saturated rings. The van der Waals surface area contributed by atoms with Crippen molar-refractivity contribution in [2.24, 2.45) is 0 Å². The number of hydrogen-bond donors (Lipinski definition) is 2. The van der Waals surface area contributed by atoms with E-state index in [1.54, 1.807) is 6.20 Å². The van der Waals surface area contributed by atoms with Crippen LogP contribution in [0.5, 0.6) is 0 Å². The number of anilines is 1. The molecule has 0 saturated heterocycles. The van der Waals surface area contributed by atoms with Crippen molar-refractivity contribution in [3.63, 3.8) is 0 Å². The normalized spacial score (nSPS) is 10.8. The summed E-state index contributed by atoms with van der Waals surface area (Å²) in [6.45, 7) is 0. The van der Waals surface area contributed by atoms with Crippen LogP contribution < -0.4 is 5.32 Å². The number of nitrogens with zero attached hydrogens (tertiary/aromatic N) is 1. The van der Waals surface area contributed by atoms with Gasteiger partial charge in [0, 0.05) is 23.5 Å². The lowest BCUT2D eigenvalue weighted by Crippen LogP contribution is -2.11. The van der Waals surface area contributed by atoms with Crippen LogP contribution in [0.1, 0.15) is 12.0 Å². The second kappa shape index (κ2) is 5.76. The Morgan fingerprint density at radius 3 is 3.05 bits per heavy atom. The van der Waals surface area contributed by atoms with Gasteiger partial charge in [0.15, 0.2) is 5.13 Å². The average Bonchev–Trinajstić information content (AvgIpc) is 3.03. The smallest absolute Gasteiger partial charge is 0.226 e. The molecule has 0 spiro atoms. The number of amides is 1. The minimum atomic E-state index is -0.0165. The zero-order valence-corrected chi connectivity index (χ0v) is 12.9. The third-order valence-corrected chi connectivity index (χ3v) is 4.41. The van der Waals surface area contributed by atoms with Crippen molar-refractivity contribution in [3.05, 3.63) is 46.0 Å². The molecule has 20 heavy (non-hydrogen) atoms. The maximum absolute atomic E-state index is 11.9. The molecule has 0 saturated carbocycles. The summed E-state index contributed by atoms with van der Waals surface area (Å²) >= 11 is 4.73. The molecule has 2 heterocycles. The topological polar surface area (TPSA) is 57.8 Å². The minimum absolute atomic E-state index is 0.0165. The molecule has 0 aliphatic rings. The molecule has 4 nitrogen and oxygen atoms in total. The number of rotatable bonds is 4. The number of carbonyl (C=O) groups is 1. The van der Waals surface area contributed by atoms with Crippen molar-refractivity contribution in [2.75, 3.05) is 5.32 Å². The van der Waals surface area contributed by atoms with Crippen molar-refractivity contribution in [1.29, 1.82) is 0 Å². The van der Waals surface area contributed by atoms with Crippen molar-refractivity contribution in [3.8, 4) is 0 Å². The van der Waals surface area contributed by atoms with Crippen LogP contribution in [0.3, 0.4) is 0 Å². The fourth-order valence-electron chi connectivity index (χ4n) is 2.08. The van der Waals surface area contributed by atoms with Gasteiger partial charge in [-0.1, -0.05) is 29.5 Å². The first-order valence-corrected chi connectivity index (χ1v) is 7.79. The quantitative estimate of drug-likeness (QED) is 0.748. The van der Waals surface area contributed by atoms with E-state index in [1.807, 2.05) is 24.4 Å². The maximum atomic E-state index is 11.9. The van der Waals surface area contributed by atoms with E-state index in [2.05, 4.69) is 37.3 Å². The zero-order chi connectivity index (χ0) is 13.9. The number of halogens is 1. The van der Waals surface area contributed by atoms with Crippen molar-refractivity contribution in [1.82, 2.24) is 9.97 Å². The standard InChI is InChI=1S/C14H12BrN3OS/c15-12-8-17-14(20-12)18-13(19)6-5-9-7-16-11-4-2-1-3-10(9)11/h1-4,7-8,16H,5-6H2,(H,17,18,19). The summed E-state index contributed by atoms with van der Waals surface area (Å²) < 4.78 is 0.907. The predicted molar refractivity (Wildman–Crippen MR) is 85.1 cm³/mol. The van der Waals surface area contributed by atoms with E-state index in [9.17, 15) is 4.79 Å². The molecule has 0 atom stereocenters. The third kappa shape index (κ3) is 2.91. The van der Waals surface area contributed by atoms with Crippen LogP contribution in [0.15, 0.2) is 40.4 Å². The Morgan fingerprint density at radius 1 is 1.40 bits per heavy atom. The Labute approximate surface area is 128 Å². The number of hydrogen-bond acceptors (Lipinski definition) is 3. The number of thiazole rings is 1. The number of benzene rings is 1. The molecular formula is C14H12BrN3OS. The Morgan fingerprint density at radius 2 is 2.25 bits per heavy atom. The first-order chi connectivity index (χ1) is 9.72. The van der Waals surface area contributed by atoms with Gasteiger partial charge in [-0.05, 0) is 34.0 Å². The van der Waals surface area contributed by atoms with Crippen molar-refractivity contribution < 1.29 is 4.79 Å². The number of carbonyl (C=O) groups excluding carboxylic acids is 1. The fourth-order valence-corrected chi connectivity index (χ4v) is 3.20. The third-order valence-electron chi connectivity index (χ3n) is 3.02. The highest BCUT2D eigenvalue weighted by molar-refractivity contribution is 9.11. The van der Waals surface area contributed by atoms with Crippen LogP contribution in [-0.2, 0) is 11.2 Å². The summed E-state index contributed by atoms with van der Waals surface area (Å²) in [5.41, 5.74) is 2.27. The number of aryl methyl sites for hydroxylation is 1. The van der Waals surface area contributed by atoms with E-state index in [0.29, 0.717) is 18.0 Å². The van der Waals surface area contributed by atoms with Crippen LogP contribution in [-0.4, -0.2) is 15.9 Å². The van der Waals surface area contributed by atoms with Crippen LogP contribution in [0.2, 0.25) is 0 Å². The Bertz CT molecular complexity index is 750. The Balaban J connectivity index is 1.63. The first-order valence-electron chi connectivity index (χ1n) is 6.18. The van der Waals surface area contributed by atoms with E-state index < -0.39 is 0 Å². The van der Waals surface area contributed by atoms with E-state index >= 15 is 0 Å². The molecule has 2 N–H and O–H groups in total. The summed E-state index contributed by atoms with van der Waals surface area (Å²) in [6, 6.07) is 8.10. The highest BCUT2D eigenvalue weighted by Gasteiger charge is 2.08. The van der Waals surface area contributed by atoms with Gasteiger partial charge in [-0.3, -0.25) is 4.79 Å². The summed E-state index contributed by atoms with van der Waals surface area (Å²) in [5.74, 6) is -0.0165. The highest BCUT2D eigenvalue weighted by Crippen LogP contribution is 2.23. The van der Waals surface area contributed by atoms with Crippen LogP contribution in [0.25, 0.3) is 10.9 Å². The molecule has 1 aromatic carbocycles. The molecule has 102 valence electrons. The lowest BCUT2D eigenvalue weighted by molar-refractivity contribution is -0.116. The van der Waals surface area contributed by atoms with E-state index in [-0.39, 0.29) is 5.91 Å². The van der Waals surface area contributed by atoms with E-state index in [1.165, 1.54) is 16.7 Å². The summed E-state index contributed by atoms with van der Waals surface area (Å²) in [5, 5.41) is 4.61. The first kappa shape index (κ1) is 13.3. The monoisotopic (exact) mass is 349 g/mol. The molecule has 1 amide bonds. The SMILES string of the molecule is O=C(CCc1c[nH]c2ccccc12)Nc1ncc(Br)s1. The second-order valence-corrected chi connectivity index (χ2v) is 6.79. The van der Waals surface area contributed by atoms with Crippen molar-refractivity contribution in [2.45, 2.75) is 12.8 Å². The lowest BCUT2D eigenvalue weighted by atomic mass is 10.1. The van der Waals surface area contributed by atoms with Crippen LogP contribution in [0.4, 0.5) is 5.13 Å². The fraction of sp³-hybridized carbons (Fsp3) is 0.143. The number of para-hydroxylation sites is 1.